The van der Waals surface area contributed by atoms with E-state index in [1.54, 1.807) is 29.5 Å². The molecule has 1 saturated heterocycles. The summed E-state index contributed by atoms with van der Waals surface area (Å²) in [5.41, 5.74) is 2.17. The van der Waals surface area contributed by atoms with Crippen LogP contribution >= 0.6 is 0 Å². The monoisotopic (exact) mass is 336 g/mol. The number of aryl methyl sites for hydroxylation is 1. The maximum Gasteiger partial charge on any atom is 0.257 e. The maximum atomic E-state index is 13.1. The van der Waals surface area contributed by atoms with Crippen molar-refractivity contribution in [3.05, 3.63) is 55.0 Å². The van der Waals surface area contributed by atoms with E-state index >= 15 is 0 Å². The Kier molecular flexibility index (Phi) is 4.05. The first kappa shape index (κ1) is 15.6. The van der Waals surface area contributed by atoms with Crippen LogP contribution in [0.25, 0.3) is 11.3 Å². The van der Waals surface area contributed by atoms with E-state index in [0.29, 0.717) is 17.8 Å². The van der Waals surface area contributed by atoms with Crippen LogP contribution in [-0.2, 0) is 7.05 Å². The number of aromatic nitrogens is 5. The lowest BCUT2D eigenvalue weighted by Crippen LogP contribution is -2.40. The molecule has 0 spiro atoms. The van der Waals surface area contributed by atoms with Crippen molar-refractivity contribution >= 4 is 5.91 Å². The summed E-state index contributed by atoms with van der Waals surface area (Å²) in [6, 6.07) is 4.06. The van der Waals surface area contributed by atoms with Crippen LogP contribution in [-0.4, -0.2) is 48.2 Å². The fourth-order valence-electron chi connectivity index (χ4n) is 3.40. The molecule has 128 valence electrons. The van der Waals surface area contributed by atoms with Gasteiger partial charge in [0.25, 0.3) is 5.91 Å². The second kappa shape index (κ2) is 6.51. The van der Waals surface area contributed by atoms with Gasteiger partial charge in [0.15, 0.2) is 0 Å². The Morgan fingerprint density at radius 2 is 2.20 bits per heavy atom. The molecule has 4 heterocycles. The first-order chi connectivity index (χ1) is 12.2. The highest BCUT2D eigenvalue weighted by Crippen LogP contribution is 2.26. The first-order valence-electron chi connectivity index (χ1n) is 8.43. The zero-order valence-electron chi connectivity index (χ0n) is 14.1. The van der Waals surface area contributed by atoms with E-state index in [9.17, 15) is 4.79 Å². The van der Waals surface area contributed by atoms with Crippen LogP contribution in [0.2, 0.25) is 0 Å². The summed E-state index contributed by atoms with van der Waals surface area (Å²) in [6.45, 7) is 1.46. The summed E-state index contributed by atoms with van der Waals surface area (Å²) in [4.78, 5) is 23.3. The molecule has 0 aliphatic carbocycles. The van der Waals surface area contributed by atoms with Gasteiger partial charge in [-0.2, -0.15) is 5.10 Å². The smallest absolute Gasteiger partial charge is 0.257 e. The van der Waals surface area contributed by atoms with E-state index in [0.717, 1.165) is 24.9 Å². The van der Waals surface area contributed by atoms with Crippen LogP contribution in [0.1, 0.15) is 29.2 Å². The van der Waals surface area contributed by atoms with Crippen LogP contribution in [0.3, 0.4) is 0 Å². The largest absolute Gasteiger partial charge is 0.336 e. The molecule has 0 aromatic carbocycles. The Morgan fingerprint density at radius 3 is 2.96 bits per heavy atom. The maximum absolute atomic E-state index is 13.1. The number of carbonyl (C=O) groups is 1. The number of hydrogen-bond acceptors (Lipinski definition) is 4. The molecular formula is C18H20N6O. The lowest BCUT2D eigenvalue weighted by Gasteiger charge is -2.33. The van der Waals surface area contributed by atoms with Crippen molar-refractivity contribution < 1.29 is 4.79 Å². The zero-order chi connectivity index (χ0) is 17.2. The van der Waals surface area contributed by atoms with Gasteiger partial charge in [-0.1, -0.05) is 0 Å². The second-order valence-corrected chi connectivity index (χ2v) is 6.36. The van der Waals surface area contributed by atoms with Crippen LogP contribution in [0.15, 0.2) is 49.4 Å². The van der Waals surface area contributed by atoms with Crippen molar-refractivity contribution in [1.82, 2.24) is 29.2 Å². The van der Waals surface area contributed by atoms with Crippen molar-refractivity contribution in [3.8, 4) is 11.3 Å². The lowest BCUT2D eigenvalue weighted by atomic mass is 10.0. The van der Waals surface area contributed by atoms with Crippen molar-refractivity contribution in [2.24, 2.45) is 7.05 Å². The molecule has 3 aromatic heterocycles. The van der Waals surface area contributed by atoms with E-state index in [1.807, 2.05) is 36.6 Å². The summed E-state index contributed by atoms with van der Waals surface area (Å²) in [7, 11) is 1.83. The number of pyridine rings is 1. The molecular weight excluding hydrogens is 316 g/mol. The van der Waals surface area contributed by atoms with Gasteiger partial charge in [0.2, 0.25) is 0 Å². The van der Waals surface area contributed by atoms with Crippen LogP contribution < -0.4 is 0 Å². The van der Waals surface area contributed by atoms with Gasteiger partial charge in [-0.25, -0.2) is 4.98 Å². The van der Waals surface area contributed by atoms with Gasteiger partial charge < -0.3 is 9.47 Å². The predicted octanol–water partition coefficient (Wildman–Crippen LogP) is 2.16. The Hall–Kier alpha value is -2.96. The fourth-order valence-corrected chi connectivity index (χ4v) is 3.40. The number of likely N-dealkylation sites (tertiary alicyclic amines) is 1. The van der Waals surface area contributed by atoms with Crippen LogP contribution in [0.4, 0.5) is 0 Å². The lowest BCUT2D eigenvalue weighted by molar-refractivity contribution is 0.0680. The molecule has 25 heavy (non-hydrogen) atoms. The van der Waals surface area contributed by atoms with E-state index < -0.39 is 0 Å². The summed E-state index contributed by atoms with van der Waals surface area (Å²) in [6.07, 6.45) is 12.9. The minimum Gasteiger partial charge on any atom is -0.336 e. The van der Waals surface area contributed by atoms with Crippen molar-refractivity contribution in [2.75, 3.05) is 13.1 Å². The van der Waals surface area contributed by atoms with Crippen LogP contribution in [0.5, 0.6) is 0 Å². The molecule has 3 aromatic rings. The molecule has 1 aliphatic rings. The molecule has 0 bridgehead atoms. The third-order valence-electron chi connectivity index (χ3n) is 4.62. The molecule has 0 saturated carbocycles. The number of imidazole rings is 1. The third-order valence-corrected chi connectivity index (χ3v) is 4.62. The van der Waals surface area contributed by atoms with Gasteiger partial charge in [0.05, 0.1) is 17.9 Å². The number of nitrogens with zero attached hydrogens (tertiary/aromatic N) is 6. The molecule has 1 amide bonds. The van der Waals surface area contributed by atoms with Gasteiger partial charge in [-0.3, -0.25) is 14.5 Å². The standard InChI is InChI=1S/C18H20N6O/c1-22-12-16(17(21-22)14-4-2-6-19-10-14)18(25)23-8-3-5-15(11-23)24-9-7-20-13-24/h2,4,6-7,9-10,12-13,15H,3,5,8,11H2,1H3. The topological polar surface area (TPSA) is 68.8 Å². The molecule has 1 unspecified atom stereocenters. The number of rotatable bonds is 3. The molecule has 0 radical (unpaired) electrons. The Morgan fingerprint density at radius 1 is 1.28 bits per heavy atom. The van der Waals surface area contributed by atoms with Gasteiger partial charge >= 0.3 is 0 Å². The van der Waals surface area contributed by atoms with Gasteiger partial charge in [-0.15, -0.1) is 0 Å². The molecule has 1 fully saturated rings. The minimum absolute atomic E-state index is 0.0248. The molecule has 7 heteroatoms. The van der Waals surface area contributed by atoms with Crippen LogP contribution in [0, 0.1) is 0 Å². The van der Waals surface area contributed by atoms with Gasteiger partial charge in [0, 0.05) is 56.7 Å². The van der Waals surface area contributed by atoms with Gasteiger partial charge in [0.1, 0.15) is 5.69 Å². The molecule has 4 rings (SSSR count). The first-order valence-corrected chi connectivity index (χ1v) is 8.43. The van der Waals surface area contributed by atoms with Crippen molar-refractivity contribution in [1.29, 1.82) is 0 Å². The van der Waals surface area contributed by atoms with E-state index in [1.165, 1.54) is 0 Å². The fraction of sp³-hybridized carbons (Fsp3) is 0.333. The highest BCUT2D eigenvalue weighted by atomic mass is 16.2. The molecule has 7 nitrogen and oxygen atoms in total. The van der Waals surface area contributed by atoms with Crippen molar-refractivity contribution in [3.63, 3.8) is 0 Å². The highest BCUT2D eigenvalue weighted by Gasteiger charge is 2.28. The number of carbonyl (C=O) groups excluding carboxylic acids is 1. The number of amides is 1. The summed E-state index contributed by atoms with van der Waals surface area (Å²) in [5.74, 6) is 0.0248. The third kappa shape index (κ3) is 3.05. The average molecular weight is 336 g/mol. The number of hydrogen-bond donors (Lipinski definition) is 0. The molecule has 1 aliphatic heterocycles. The summed E-state index contributed by atoms with van der Waals surface area (Å²) < 4.78 is 3.78. The van der Waals surface area contributed by atoms with E-state index in [2.05, 4.69) is 19.6 Å². The molecule has 0 N–H and O–H groups in total. The van der Waals surface area contributed by atoms with E-state index in [-0.39, 0.29) is 11.9 Å². The second-order valence-electron chi connectivity index (χ2n) is 6.36. The predicted molar refractivity (Wildman–Crippen MR) is 92.8 cm³/mol. The minimum atomic E-state index is 0.0248. The summed E-state index contributed by atoms with van der Waals surface area (Å²) in [5, 5.41) is 4.48. The van der Waals surface area contributed by atoms with Crippen molar-refractivity contribution in [2.45, 2.75) is 18.9 Å². The summed E-state index contributed by atoms with van der Waals surface area (Å²) >= 11 is 0. The average Bonchev–Trinajstić information content (AvgIpc) is 3.32. The quantitative estimate of drug-likeness (QED) is 0.735. The van der Waals surface area contributed by atoms with Gasteiger partial charge in [-0.05, 0) is 25.0 Å². The number of piperidine rings is 1. The Balaban J connectivity index is 1.61. The normalized spacial score (nSPS) is 17.6. The Bertz CT molecular complexity index is 855. The Labute approximate surface area is 145 Å². The zero-order valence-corrected chi connectivity index (χ0v) is 14.1. The highest BCUT2D eigenvalue weighted by molar-refractivity contribution is 5.99. The molecule has 1 atom stereocenters. The van der Waals surface area contributed by atoms with E-state index in [4.69, 9.17) is 0 Å². The SMILES string of the molecule is Cn1cc(C(=O)N2CCCC(n3ccnc3)C2)c(-c2cccnc2)n1.